The maximum absolute atomic E-state index is 13.7. The maximum Gasteiger partial charge on any atom is 0.253 e. The molecule has 0 saturated heterocycles. The molecule has 0 bridgehead atoms. The molecule has 0 unspecified atom stereocenters. The summed E-state index contributed by atoms with van der Waals surface area (Å²) in [6, 6.07) is 11.3. The van der Waals surface area contributed by atoms with Crippen LogP contribution in [0.1, 0.15) is 29.3 Å². The van der Waals surface area contributed by atoms with Gasteiger partial charge in [0.1, 0.15) is 5.82 Å². The number of thioether (sulfide) groups is 1. The normalized spacial score (nSPS) is 10.4. The number of carbonyl (C=O) groups is 2. The molecule has 0 aliphatic carbocycles. The minimum atomic E-state index is -0.386. The van der Waals surface area contributed by atoms with Crippen molar-refractivity contribution in [2.75, 3.05) is 17.6 Å². The number of nitrogens with one attached hydrogen (secondary N) is 2. The second-order valence-electron chi connectivity index (χ2n) is 5.54. The molecule has 138 valence electrons. The first-order valence-electron chi connectivity index (χ1n) is 8.20. The summed E-state index contributed by atoms with van der Waals surface area (Å²) in [4.78, 5) is 24.3. The SMILES string of the molecule is CCCNC(=O)c1ccccc1NC(=O)CSCc1c(F)cccc1Cl. The van der Waals surface area contributed by atoms with Crippen molar-refractivity contribution in [3.05, 3.63) is 64.4 Å². The molecule has 0 fully saturated rings. The smallest absolute Gasteiger partial charge is 0.253 e. The van der Waals surface area contributed by atoms with E-state index in [0.717, 1.165) is 6.42 Å². The molecule has 0 saturated carbocycles. The van der Waals surface area contributed by atoms with Gasteiger partial charge in [0.05, 0.1) is 17.0 Å². The van der Waals surface area contributed by atoms with Gasteiger partial charge < -0.3 is 10.6 Å². The zero-order valence-corrected chi connectivity index (χ0v) is 15.9. The third-order valence-electron chi connectivity index (χ3n) is 3.52. The van der Waals surface area contributed by atoms with Crippen LogP contribution in [-0.2, 0) is 10.5 Å². The fraction of sp³-hybridized carbons (Fsp3) is 0.263. The standard InChI is InChI=1S/C19H20ClFN2O2S/c1-2-10-22-19(25)13-6-3-4-9-17(13)23-18(24)12-26-11-14-15(20)7-5-8-16(14)21/h3-9H,2,10-12H2,1H3,(H,22,25)(H,23,24). The largest absolute Gasteiger partial charge is 0.352 e. The van der Waals surface area contributed by atoms with Gasteiger partial charge in [0.15, 0.2) is 0 Å². The van der Waals surface area contributed by atoms with E-state index < -0.39 is 0 Å². The molecule has 0 aliphatic heterocycles. The Morgan fingerprint density at radius 1 is 1.15 bits per heavy atom. The van der Waals surface area contributed by atoms with E-state index in [9.17, 15) is 14.0 Å². The molecule has 4 nitrogen and oxygen atoms in total. The second-order valence-corrected chi connectivity index (χ2v) is 6.94. The van der Waals surface area contributed by atoms with Gasteiger partial charge in [-0.1, -0.05) is 36.7 Å². The number of hydrogen-bond acceptors (Lipinski definition) is 3. The predicted octanol–water partition coefficient (Wildman–Crippen LogP) is 4.49. The molecule has 26 heavy (non-hydrogen) atoms. The minimum Gasteiger partial charge on any atom is -0.352 e. The molecule has 2 N–H and O–H groups in total. The summed E-state index contributed by atoms with van der Waals surface area (Å²) in [5, 5.41) is 5.87. The van der Waals surface area contributed by atoms with E-state index in [0.29, 0.717) is 28.4 Å². The van der Waals surface area contributed by atoms with Gasteiger partial charge in [-0.15, -0.1) is 11.8 Å². The summed E-state index contributed by atoms with van der Waals surface area (Å²) < 4.78 is 13.7. The predicted molar refractivity (Wildman–Crippen MR) is 105 cm³/mol. The number of amides is 2. The lowest BCUT2D eigenvalue weighted by Gasteiger charge is -2.11. The zero-order chi connectivity index (χ0) is 18.9. The number of rotatable bonds is 8. The van der Waals surface area contributed by atoms with Gasteiger partial charge in [-0.25, -0.2) is 4.39 Å². The highest BCUT2D eigenvalue weighted by molar-refractivity contribution is 7.99. The Kier molecular flexibility index (Phi) is 7.94. The molecule has 2 aromatic rings. The van der Waals surface area contributed by atoms with Crippen molar-refractivity contribution >= 4 is 40.9 Å². The van der Waals surface area contributed by atoms with Crippen LogP contribution < -0.4 is 10.6 Å². The molecule has 0 atom stereocenters. The first-order chi connectivity index (χ1) is 12.5. The van der Waals surface area contributed by atoms with Gasteiger partial charge in [-0.3, -0.25) is 9.59 Å². The molecule has 2 rings (SSSR count). The van der Waals surface area contributed by atoms with Crippen LogP contribution in [-0.4, -0.2) is 24.1 Å². The quantitative estimate of drug-likeness (QED) is 0.693. The lowest BCUT2D eigenvalue weighted by Crippen LogP contribution is -2.26. The van der Waals surface area contributed by atoms with Gasteiger partial charge in [0, 0.05) is 22.9 Å². The van der Waals surface area contributed by atoms with Crippen molar-refractivity contribution in [3.8, 4) is 0 Å². The average molecular weight is 395 g/mol. The van der Waals surface area contributed by atoms with Gasteiger partial charge in [0.2, 0.25) is 5.91 Å². The van der Waals surface area contributed by atoms with Gasteiger partial charge in [-0.2, -0.15) is 0 Å². The van der Waals surface area contributed by atoms with Crippen molar-refractivity contribution in [2.45, 2.75) is 19.1 Å². The molecule has 7 heteroatoms. The Bertz CT molecular complexity index is 766. The summed E-state index contributed by atoms with van der Waals surface area (Å²) >= 11 is 7.23. The fourth-order valence-electron chi connectivity index (χ4n) is 2.23. The van der Waals surface area contributed by atoms with Gasteiger partial charge in [-0.05, 0) is 30.7 Å². The van der Waals surface area contributed by atoms with Crippen molar-refractivity contribution in [2.24, 2.45) is 0 Å². The summed E-state index contributed by atoms with van der Waals surface area (Å²) in [6.45, 7) is 2.54. The third kappa shape index (κ3) is 5.75. The van der Waals surface area contributed by atoms with Crippen LogP contribution in [0.4, 0.5) is 10.1 Å². The van der Waals surface area contributed by atoms with Crippen molar-refractivity contribution in [1.29, 1.82) is 0 Å². The Labute approximate surface area is 161 Å². The summed E-state index contributed by atoms with van der Waals surface area (Å²) in [6.07, 6.45) is 0.829. The Balaban J connectivity index is 1.93. The highest BCUT2D eigenvalue weighted by Gasteiger charge is 2.13. The number of para-hydroxylation sites is 1. The van der Waals surface area contributed by atoms with E-state index in [1.54, 1.807) is 36.4 Å². The van der Waals surface area contributed by atoms with E-state index in [2.05, 4.69) is 10.6 Å². The van der Waals surface area contributed by atoms with Crippen molar-refractivity contribution in [3.63, 3.8) is 0 Å². The number of benzene rings is 2. The van der Waals surface area contributed by atoms with Crippen molar-refractivity contribution in [1.82, 2.24) is 5.32 Å². The first kappa shape index (κ1) is 20.3. The Hall–Kier alpha value is -2.05. The molecule has 0 aliphatic rings. The highest BCUT2D eigenvalue weighted by Crippen LogP contribution is 2.24. The maximum atomic E-state index is 13.7. The van der Waals surface area contributed by atoms with Gasteiger partial charge >= 0.3 is 0 Å². The molecule has 0 spiro atoms. The van der Waals surface area contributed by atoms with E-state index >= 15 is 0 Å². The number of hydrogen-bond donors (Lipinski definition) is 2. The van der Waals surface area contributed by atoms with Crippen LogP contribution in [0, 0.1) is 5.82 Å². The van der Waals surface area contributed by atoms with Crippen molar-refractivity contribution < 1.29 is 14.0 Å². The van der Waals surface area contributed by atoms with E-state index in [-0.39, 0.29) is 29.1 Å². The molecular weight excluding hydrogens is 375 g/mol. The molecule has 0 heterocycles. The third-order valence-corrected chi connectivity index (χ3v) is 4.84. The zero-order valence-electron chi connectivity index (χ0n) is 14.4. The van der Waals surface area contributed by atoms with Crippen LogP contribution >= 0.6 is 23.4 Å². The second kappa shape index (κ2) is 10.2. The molecule has 0 radical (unpaired) electrons. The Morgan fingerprint density at radius 2 is 1.92 bits per heavy atom. The number of anilines is 1. The van der Waals surface area contributed by atoms with Crippen LogP contribution in [0.5, 0.6) is 0 Å². The number of carbonyl (C=O) groups excluding carboxylic acids is 2. The summed E-state index contributed by atoms with van der Waals surface area (Å²) in [5.41, 5.74) is 1.25. The fourth-order valence-corrected chi connectivity index (χ4v) is 3.39. The molecule has 2 amide bonds. The van der Waals surface area contributed by atoms with E-state index in [1.807, 2.05) is 6.92 Å². The number of halogens is 2. The summed E-state index contributed by atoms with van der Waals surface area (Å²) in [7, 11) is 0. The van der Waals surface area contributed by atoms with Crippen LogP contribution in [0.25, 0.3) is 0 Å². The average Bonchev–Trinajstić information content (AvgIpc) is 2.62. The molecule has 0 aromatic heterocycles. The summed E-state index contributed by atoms with van der Waals surface area (Å²) in [5.74, 6) is -0.470. The van der Waals surface area contributed by atoms with E-state index in [4.69, 9.17) is 11.6 Å². The van der Waals surface area contributed by atoms with Crippen LogP contribution in [0.3, 0.4) is 0 Å². The van der Waals surface area contributed by atoms with Crippen LogP contribution in [0.15, 0.2) is 42.5 Å². The Morgan fingerprint density at radius 3 is 2.65 bits per heavy atom. The molecular formula is C19H20ClFN2O2S. The molecule has 2 aromatic carbocycles. The highest BCUT2D eigenvalue weighted by atomic mass is 35.5. The monoisotopic (exact) mass is 394 g/mol. The lowest BCUT2D eigenvalue weighted by molar-refractivity contribution is -0.113. The minimum absolute atomic E-state index is 0.121. The lowest BCUT2D eigenvalue weighted by atomic mass is 10.1. The van der Waals surface area contributed by atoms with Gasteiger partial charge in [0.25, 0.3) is 5.91 Å². The van der Waals surface area contributed by atoms with E-state index in [1.165, 1.54) is 17.8 Å². The topological polar surface area (TPSA) is 58.2 Å². The first-order valence-corrected chi connectivity index (χ1v) is 9.74. The van der Waals surface area contributed by atoms with Crippen LogP contribution in [0.2, 0.25) is 5.02 Å².